The Kier molecular flexibility index (Phi) is 5.61. The number of methoxy groups -OCH3 is 2. The van der Waals surface area contributed by atoms with Crippen LogP contribution in [0.15, 0.2) is 36.5 Å². The molecule has 0 saturated carbocycles. The molecule has 1 fully saturated rings. The number of carbonyl (C=O) groups is 1. The lowest BCUT2D eigenvalue weighted by molar-refractivity contribution is 0.190. The van der Waals surface area contributed by atoms with Crippen LogP contribution in [-0.2, 0) is 0 Å². The van der Waals surface area contributed by atoms with Gasteiger partial charge in [-0.3, -0.25) is 0 Å². The second-order valence-electron chi connectivity index (χ2n) is 6.00. The molecule has 1 N–H and O–H groups in total. The third kappa shape index (κ3) is 4.58. The van der Waals surface area contributed by atoms with Crippen LogP contribution in [0, 0.1) is 11.3 Å². The van der Waals surface area contributed by atoms with Crippen LogP contribution in [0.5, 0.6) is 17.4 Å². The number of carbonyl (C=O) groups excluding carboxylic acids is 1. The molecule has 8 nitrogen and oxygen atoms in total. The molecule has 1 unspecified atom stereocenters. The van der Waals surface area contributed by atoms with E-state index < -0.39 is 0 Å². The van der Waals surface area contributed by atoms with Gasteiger partial charge in [-0.1, -0.05) is 0 Å². The Labute approximate surface area is 157 Å². The number of amides is 2. The Hall–Kier alpha value is -3.47. The van der Waals surface area contributed by atoms with E-state index in [4.69, 9.17) is 19.5 Å². The summed E-state index contributed by atoms with van der Waals surface area (Å²) in [6, 6.07) is 10.2. The van der Waals surface area contributed by atoms with Crippen LogP contribution in [0.1, 0.15) is 12.0 Å². The summed E-state index contributed by atoms with van der Waals surface area (Å²) in [4.78, 5) is 18.3. The first-order chi connectivity index (χ1) is 13.1. The highest BCUT2D eigenvalue weighted by molar-refractivity contribution is 5.90. The lowest BCUT2D eigenvalue weighted by Crippen LogP contribution is -2.34. The first-order valence-electron chi connectivity index (χ1n) is 8.43. The number of urea groups is 1. The van der Waals surface area contributed by atoms with Crippen molar-refractivity contribution in [2.75, 3.05) is 32.6 Å². The van der Waals surface area contributed by atoms with Crippen molar-refractivity contribution in [3.8, 4) is 23.4 Å². The lowest BCUT2D eigenvalue weighted by Gasteiger charge is -2.18. The van der Waals surface area contributed by atoms with Crippen LogP contribution in [0.25, 0.3) is 0 Å². The minimum atomic E-state index is -0.227. The number of ether oxygens (including phenoxy) is 3. The number of hydrogen-bond donors (Lipinski definition) is 1. The first kappa shape index (κ1) is 18.3. The molecule has 0 radical (unpaired) electrons. The van der Waals surface area contributed by atoms with E-state index in [1.807, 2.05) is 0 Å². The quantitative estimate of drug-likeness (QED) is 0.871. The van der Waals surface area contributed by atoms with E-state index in [0.717, 1.165) is 0 Å². The number of nitrogens with zero attached hydrogens (tertiary/aromatic N) is 3. The summed E-state index contributed by atoms with van der Waals surface area (Å²) in [7, 11) is 3.11. The number of nitrogens with one attached hydrogen (secondary N) is 1. The van der Waals surface area contributed by atoms with Crippen molar-refractivity contribution in [2.45, 2.75) is 12.5 Å². The average molecular weight is 368 g/mol. The maximum atomic E-state index is 12.5. The predicted octanol–water partition coefficient (Wildman–Crippen LogP) is 2.66. The molecule has 0 spiro atoms. The number of nitriles is 1. The summed E-state index contributed by atoms with van der Waals surface area (Å²) < 4.78 is 16.2. The molecule has 1 aromatic heterocycles. The van der Waals surface area contributed by atoms with Gasteiger partial charge in [-0.15, -0.1) is 0 Å². The van der Waals surface area contributed by atoms with Gasteiger partial charge < -0.3 is 24.4 Å². The van der Waals surface area contributed by atoms with Crippen molar-refractivity contribution >= 4 is 11.7 Å². The number of likely N-dealkylation sites (tertiary alicyclic amines) is 1. The highest BCUT2D eigenvalue weighted by Crippen LogP contribution is 2.26. The number of hydrogen-bond acceptors (Lipinski definition) is 6. The zero-order valence-electron chi connectivity index (χ0n) is 15.1. The third-order valence-corrected chi connectivity index (χ3v) is 4.19. The Balaban J connectivity index is 1.60. The van der Waals surface area contributed by atoms with E-state index in [2.05, 4.69) is 16.4 Å². The van der Waals surface area contributed by atoms with E-state index >= 15 is 0 Å². The van der Waals surface area contributed by atoms with Gasteiger partial charge in [-0.25, -0.2) is 9.78 Å². The van der Waals surface area contributed by atoms with Gasteiger partial charge in [-0.05, 0) is 6.07 Å². The molecular weight excluding hydrogens is 348 g/mol. The number of benzene rings is 1. The van der Waals surface area contributed by atoms with Crippen molar-refractivity contribution in [2.24, 2.45) is 0 Å². The van der Waals surface area contributed by atoms with Gasteiger partial charge in [0, 0.05) is 49.1 Å². The van der Waals surface area contributed by atoms with Crippen LogP contribution >= 0.6 is 0 Å². The molecule has 8 heteroatoms. The summed E-state index contributed by atoms with van der Waals surface area (Å²) in [6.45, 7) is 1.00. The van der Waals surface area contributed by atoms with E-state index in [1.54, 1.807) is 49.5 Å². The Bertz CT molecular complexity index is 843. The monoisotopic (exact) mass is 368 g/mol. The fourth-order valence-electron chi connectivity index (χ4n) is 2.81. The molecule has 1 aliphatic rings. The van der Waals surface area contributed by atoms with Gasteiger partial charge in [0.2, 0.25) is 5.88 Å². The summed E-state index contributed by atoms with van der Waals surface area (Å²) >= 11 is 0. The zero-order chi connectivity index (χ0) is 19.2. The van der Waals surface area contributed by atoms with Gasteiger partial charge >= 0.3 is 6.03 Å². The van der Waals surface area contributed by atoms with Crippen LogP contribution in [0.2, 0.25) is 0 Å². The predicted molar refractivity (Wildman–Crippen MR) is 98.1 cm³/mol. The average Bonchev–Trinajstić information content (AvgIpc) is 3.16. The topological polar surface area (TPSA) is 96.7 Å². The maximum Gasteiger partial charge on any atom is 0.321 e. The third-order valence-electron chi connectivity index (χ3n) is 4.19. The van der Waals surface area contributed by atoms with Crippen molar-refractivity contribution in [3.63, 3.8) is 0 Å². The molecule has 1 atom stereocenters. The number of aromatic nitrogens is 1. The SMILES string of the molecule is COc1cc(NC(=O)N2CCC(Oc3cc(C#N)ccn3)C2)cc(OC)c1. The number of rotatable bonds is 5. The smallest absolute Gasteiger partial charge is 0.321 e. The van der Waals surface area contributed by atoms with Gasteiger partial charge in [0.05, 0.1) is 32.4 Å². The normalized spacial score (nSPS) is 15.7. The minimum absolute atomic E-state index is 0.169. The molecular formula is C19H20N4O4. The zero-order valence-corrected chi connectivity index (χ0v) is 15.1. The minimum Gasteiger partial charge on any atom is -0.497 e. The molecule has 1 aromatic carbocycles. The highest BCUT2D eigenvalue weighted by Gasteiger charge is 2.28. The maximum absolute atomic E-state index is 12.5. The van der Waals surface area contributed by atoms with Crippen LogP contribution in [0.4, 0.5) is 10.5 Å². The van der Waals surface area contributed by atoms with E-state index in [-0.39, 0.29) is 12.1 Å². The van der Waals surface area contributed by atoms with Gasteiger partial charge in [0.25, 0.3) is 0 Å². The Morgan fingerprint density at radius 2 is 2.00 bits per heavy atom. The van der Waals surface area contributed by atoms with Crippen LogP contribution < -0.4 is 19.5 Å². The van der Waals surface area contributed by atoms with Crippen LogP contribution in [0.3, 0.4) is 0 Å². The lowest BCUT2D eigenvalue weighted by atomic mass is 10.3. The van der Waals surface area contributed by atoms with Gasteiger partial charge in [-0.2, -0.15) is 5.26 Å². The highest BCUT2D eigenvalue weighted by atomic mass is 16.5. The molecule has 3 rings (SSSR count). The van der Waals surface area contributed by atoms with E-state index in [0.29, 0.717) is 48.1 Å². The Morgan fingerprint density at radius 1 is 1.26 bits per heavy atom. The van der Waals surface area contributed by atoms with E-state index in [9.17, 15) is 4.79 Å². The van der Waals surface area contributed by atoms with Crippen molar-refractivity contribution in [1.82, 2.24) is 9.88 Å². The summed E-state index contributed by atoms with van der Waals surface area (Å²) in [5, 5.41) is 11.8. The summed E-state index contributed by atoms with van der Waals surface area (Å²) in [6.07, 6.45) is 2.05. The standard InChI is InChI=1S/C19H20N4O4/c1-25-16-8-14(9-17(10-16)26-2)22-19(24)23-6-4-15(12-23)27-18-7-13(11-20)3-5-21-18/h3,5,7-10,15H,4,6,12H2,1-2H3,(H,22,24). The molecule has 1 saturated heterocycles. The molecule has 2 amide bonds. The molecule has 2 aromatic rings. The molecule has 0 bridgehead atoms. The summed E-state index contributed by atoms with van der Waals surface area (Å²) in [5.74, 6) is 1.57. The van der Waals surface area contributed by atoms with Gasteiger partial charge in [0.1, 0.15) is 17.6 Å². The summed E-state index contributed by atoms with van der Waals surface area (Å²) in [5.41, 5.74) is 1.07. The molecule has 2 heterocycles. The van der Waals surface area contributed by atoms with Crippen molar-refractivity contribution in [1.29, 1.82) is 5.26 Å². The number of anilines is 1. The molecule has 27 heavy (non-hydrogen) atoms. The largest absolute Gasteiger partial charge is 0.497 e. The van der Waals surface area contributed by atoms with E-state index in [1.165, 1.54) is 6.20 Å². The first-order valence-corrected chi connectivity index (χ1v) is 8.43. The van der Waals surface area contributed by atoms with Gasteiger partial charge in [0.15, 0.2) is 0 Å². The number of pyridine rings is 1. The molecule has 0 aliphatic carbocycles. The molecule has 140 valence electrons. The van der Waals surface area contributed by atoms with Crippen molar-refractivity contribution < 1.29 is 19.0 Å². The van der Waals surface area contributed by atoms with Crippen LogP contribution in [-0.4, -0.2) is 49.3 Å². The Morgan fingerprint density at radius 3 is 2.67 bits per heavy atom. The molecule has 1 aliphatic heterocycles. The fourth-order valence-corrected chi connectivity index (χ4v) is 2.81. The fraction of sp³-hybridized carbons (Fsp3) is 0.316. The second kappa shape index (κ2) is 8.27. The van der Waals surface area contributed by atoms with Crippen molar-refractivity contribution in [3.05, 3.63) is 42.1 Å². The second-order valence-corrected chi connectivity index (χ2v) is 6.00.